The molecular weight excluding hydrogens is 306 g/mol. The fourth-order valence-corrected chi connectivity index (χ4v) is 2.59. The van der Waals surface area contributed by atoms with E-state index in [4.69, 9.17) is 5.73 Å². The lowest BCUT2D eigenvalue weighted by Crippen LogP contribution is -2.07. The van der Waals surface area contributed by atoms with E-state index in [-0.39, 0.29) is 18.0 Å². The Morgan fingerprint density at radius 1 is 1.35 bits per heavy atom. The van der Waals surface area contributed by atoms with Crippen molar-refractivity contribution in [3.05, 3.63) is 28.2 Å². The van der Waals surface area contributed by atoms with E-state index in [1.54, 1.807) is 18.2 Å². The lowest BCUT2D eigenvalue weighted by Gasteiger charge is -2.03. The summed E-state index contributed by atoms with van der Waals surface area (Å²) in [5.74, 6) is -0.0657. The number of ketones is 1. The van der Waals surface area contributed by atoms with E-state index in [2.05, 4.69) is 15.9 Å². The molecule has 0 saturated carbocycles. The first-order chi connectivity index (χ1) is 7.78. The maximum absolute atomic E-state index is 11.8. The van der Waals surface area contributed by atoms with Crippen molar-refractivity contribution in [1.82, 2.24) is 0 Å². The summed E-state index contributed by atoms with van der Waals surface area (Å²) in [6.45, 7) is 0. The lowest BCUT2D eigenvalue weighted by molar-refractivity contribution is 0.0982. The molecule has 4 nitrogen and oxygen atoms in total. The third-order valence-electron chi connectivity index (χ3n) is 2.16. The summed E-state index contributed by atoms with van der Waals surface area (Å²) in [7, 11) is -3.00. The van der Waals surface area contributed by atoms with Gasteiger partial charge in [-0.1, -0.05) is 15.9 Å². The van der Waals surface area contributed by atoms with Crippen LogP contribution in [-0.4, -0.2) is 26.2 Å². The Balaban J connectivity index is 2.64. The molecule has 0 bridgehead atoms. The van der Waals surface area contributed by atoms with Crippen LogP contribution in [-0.2, 0) is 9.84 Å². The first kappa shape index (κ1) is 14.2. The van der Waals surface area contributed by atoms with Crippen molar-refractivity contribution in [3.63, 3.8) is 0 Å². The fourth-order valence-electron chi connectivity index (χ4n) is 1.41. The van der Waals surface area contributed by atoms with E-state index >= 15 is 0 Å². The quantitative estimate of drug-likeness (QED) is 0.665. The van der Waals surface area contributed by atoms with Crippen molar-refractivity contribution in [2.24, 2.45) is 0 Å². The molecule has 0 unspecified atom stereocenters. The van der Waals surface area contributed by atoms with Gasteiger partial charge in [0.1, 0.15) is 9.84 Å². The van der Waals surface area contributed by atoms with Gasteiger partial charge in [0.25, 0.3) is 0 Å². The van der Waals surface area contributed by atoms with Crippen molar-refractivity contribution in [2.45, 2.75) is 12.8 Å². The van der Waals surface area contributed by atoms with Crippen molar-refractivity contribution in [1.29, 1.82) is 0 Å². The van der Waals surface area contributed by atoms with Gasteiger partial charge >= 0.3 is 0 Å². The number of sulfone groups is 1. The average Bonchev–Trinajstić information content (AvgIpc) is 2.13. The van der Waals surface area contributed by atoms with E-state index in [9.17, 15) is 13.2 Å². The lowest BCUT2D eigenvalue weighted by atomic mass is 10.1. The van der Waals surface area contributed by atoms with Gasteiger partial charge < -0.3 is 5.73 Å². The molecule has 0 radical (unpaired) electrons. The molecular formula is C11H14BrNO3S. The van der Waals surface area contributed by atoms with Crippen molar-refractivity contribution in [2.75, 3.05) is 17.7 Å². The molecule has 0 saturated heterocycles. The van der Waals surface area contributed by atoms with Crippen molar-refractivity contribution < 1.29 is 13.2 Å². The van der Waals surface area contributed by atoms with Crippen LogP contribution in [0, 0.1) is 0 Å². The second kappa shape index (κ2) is 5.64. The van der Waals surface area contributed by atoms with Gasteiger partial charge in [0.05, 0.1) is 5.75 Å². The van der Waals surface area contributed by atoms with Gasteiger partial charge in [0.15, 0.2) is 5.78 Å². The van der Waals surface area contributed by atoms with Crippen LogP contribution < -0.4 is 5.73 Å². The second-order valence-electron chi connectivity index (χ2n) is 3.93. The summed E-state index contributed by atoms with van der Waals surface area (Å²) in [5.41, 5.74) is 6.63. The fraction of sp³-hybridized carbons (Fsp3) is 0.364. The molecule has 0 aromatic heterocycles. The van der Waals surface area contributed by atoms with E-state index in [0.29, 0.717) is 17.7 Å². The van der Waals surface area contributed by atoms with Gasteiger partial charge in [0, 0.05) is 28.4 Å². The molecule has 0 aliphatic heterocycles. The van der Waals surface area contributed by atoms with E-state index in [0.717, 1.165) is 10.7 Å². The number of nitrogens with two attached hydrogens (primary N) is 1. The zero-order valence-corrected chi connectivity index (χ0v) is 11.8. The van der Waals surface area contributed by atoms with Gasteiger partial charge in [-0.2, -0.15) is 0 Å². The highest BCUT2D eigenvalue weighted by atomic mass is 79.9. The molecule has 2 N–H and O–H groups in total. The summed E-state index contributed by atoms with van der Waals surface area (Å²) in [4.78, 5) is 11.8. The standard InChI is InChI=1S/C11H14BrNO3S/c1-17(15,16)4-2-3-11(14)8-5-9(12)7-10(13)6-8/h5-7H,2-4,13H2,1H3. The third kappa shape index (κ3) is 5.32. The zero-order chi connectivity index (χ0) is 13.1. The number of carbonyl (C=O) groups excluding carboxylic acids is 1. The zero-order valence-electron chi connectivity index (χ0n) is 9.44. The number of hydrogen-bond donors (Lipinski definition) is 1. The minimum Gasteiger partial charge on any atom is -0.399 e. The average molecular weight is 320 g/mol. The van der Waals surface area contributed by atoms with Crippen molar-refractivity contribution >= 4 is 37.2 Å². The Hall–Kier alpha value is -0.880. The molecule has 0 aliphatic carbocycles. The van der Waals surface area contributed by atoms with Crippen LogP contribution in [0.1, 0.15) is 23.2 Å². The van der Waals surface area contributed by atoms with Gasteiger partial charge in [-0.25, -0.2) is 8.42 Å². The predicted molar refractivity (Wildman–Crippen MR) is 71.8 cm³/mol. The summed E-state index contributed by atoms with van der Waals surface area (Å²) < 4.78 is 22.6. The molecule has 1 aromatic carbocycles. The third-order valence-corrected chi connectivity index (χ3v) is 3.65. The highest BCUT2D eigenvalue weighted by molar-refractivity contribution is 9.10. The van der Waals surface area contributed by atoms with Crippen LogP contribution >= 0.6 is 15.9 Å². The first-order valence-corrected chi connectivity index (χ1v) is 7.90. The summed E-state index contributed by atoms with van der Waals surface area (Å²) >= 11 is 3.25. The van der Waals surface area contributed by atoms with Crippen LogP contribution in [0.5, 0.6) is 0 Å². The Labute approximate surface area is 109 Å². The Kier molecular flexibility index (Phi) is 4.70. The van der Waals surface area contributed by atoms with Gasteiger partial charge in [-0.15, -0.1) is 0 Å². The largest absolute Gasteiger partial charge is 0.399 e. The van der Waals surface area contributed by atoms with Crippen LogP contribution in [0.25, 0.3) is 0 Å². The number of carbonyl (C=O) groups is 1. The number of hydrogen-bond acceptors (Lipinski definition) is 4. The second-order valence-corrected chi connectivity index (χ2v) is 7.11. The van der Waals surface area contributed by atoms with Gasteiger partial charge in [0.2, 0.25) is 0 Å². The molecule has 0 aliphatic rings. The van der Waals surface area contributed by atoms with Gasteiger partial charge in [-0.05, 0) is 24.6 Å². The Bertz CT molecular complexity index is 505. The smallest absolute Gasteiger partial charge is 0.163 e. The molecule has 0 heterocycles. The minimum atomic E-state index is -3.00. The molecule has 0 amide bonds. The summed E-state index contributed by atoms with van der Waals surface area (Å²) in [6, 6.07) is 4.97. The highest BCUT2D eigenvalue weighted by Gasteiger charge is 2.09. The van der Waals surface area contributed by atoms with Crippen LogP contribution in [0.2, 0.25) is 0 Å². The first-order valence-electron chi connectivity index (χ1n) is 5.05. The molecule has 0 fully saturated rings. The number of rotatable bonds is 5. The molecule has 1 aromatic rings. The number of halogens is 1. The van der Waals surface area contributed by atoms with Gasteiger partial charge in [-0.3, -0.25) is 4.79 Å². The molecule has 17 heavy (non-hydrogen) atoms. The summed E-state index contributed by atoms with van der Waals surface area (Å²) in [6.07, 6.45) is 1.71. The topological polar surface area (TPSA) is 77.2 Å². The van der Waals surface area contributed by atoms with Crippen LogP contribution in [0.4, 0.5) is 5.69 Å². The maximum Gasteiger partial charge on any atom is 0.163 e. The molecule has 6 heteroatoms. The number of anilines is 1. The SMILES string of the molecule is CS(=O)(=O)CCCC(=O)c1cc(N)cc(Br)c1. The molecule has 94 valence electrons. The maximum atomic E-state index is 11.8. The van der Waals surface area contributed by atoms with E-state index in [1.807, 2.05) is 0 Å². The number of Topliss-reactive ketones (excluding diaryl/α,β-unsaturated/α-hetero) is 1. The number of nitrogen functional groups attached to an aromatic ring is 1. The van der Waals surface area contributed by atoms with E-state index in [1.165, 1.54) is 0 Å². The highest BCUT2D eigenvalue weighted by Crippen LogP contribution is 2.18. The molecule has 0 spiro atoms. The predicted octanol–water partition coefficient (Wildman–Crippen LogP) is 2.04. The van der Waals surface area contributed by atoms with E-state index < -0.39 is 9.84 Å². The monoisotopic (exact) mass is 319 g/mol. The van der Waals surface area contributed by atoms with Crippen LogP contribution in [0.15, 0.2) is 22.7 Å². The Morgan fingerprint density at radius 3 is 2.53 bits per heavy atom. The molecule has 1 rings (SSSR count). The minimum absolute atomic E-state index is 0.0300. The Morgan fingerprint density at radius 2 is 2.00 bits per heavy atom. The normalized spacial score (nSPS) is 11.4. The molecule has 0 atom stereocenters. The number of benzene rings is 1. The van der Waals surface area contributed by atoms with Crippen molar-refractivity contribution in [3.8, 4) is 0 Å². The summed E-state index contributed by atoms with van der Waals surface area (Å²) in [5, 5.41) is 0. The van der Waals surface area contributed by atoms with Crippen LogP contribution in [0.3, 0.4) is 0 Å².